The first-order valence-corrected chi connectivity index (χ1v) is 9.84. The van der Waals surface area contributed by atoms with E-state index in [1.165, 1.54) is 12.7 Å². The minimum atomic E-state index is -0.749. The Hall–Kier alpha value is -2.81. The number of nitrogens with zero attached hydrogens (tertiary/aromatic N) is 2. The van der Waals surface area contributed by atoms with E-state index in [0.717, 1.165) is 17.5 Å². The maximum atomic E-state index is 12.2. The summed E-state index contributed by atoms with van der Waals surface area (Å²) < 4.78 is 10.1. The maximum absolute atomic E-state index is 12.2. The van der Waals surface area contributed by atoms with Crippen molar-refractivity contribution in [2.24, 2.45) is 0 Å². The van der Waals surface area contributed by atoms with Gasteiger partial charge in [0.25, 0.3) is 0 Å². The fraction of sp³-hybridized carbons (Fsp3) is 0.522. The monoisotopic (exact) mass is 398 g/mol. The lowest BCUT2D eigenvalue weighted by atomic mass is 9.79. The van der Waals surface area contributed by atoms with Gasteiger partial charge in [-0.25, -0.2) is 4.79 Å². The summed E-state index contributed by atoms with van der Waals surface area (Å²) in [4.78, 5) is 25.3. The summed E-state index contributed by atoms with van der Waals surface area (Å²) in [6.45, 7) is 8.54. The zero-order chi connectivity index (χ0) is 21.7. The van der Waals surface area contributed by atoms with Gasteiger partial charge >= 0.3 is 12.1 Å². The molecule has 1 heterocycles. The molecule has 6 heteroatoms. The van der Waals surface area contributed by atoms with Gasteiger partial charge in [-0.1, -0.05) is 30.3 Å². The zero-order valence-corrected chi connectivity index (χ0v) is 17.9. The second kappa shape index (κ2) is 9.13. The minimum absolute atomic E-state index is 0.202. The highest BCUT2D eigenvalue weighted by molar-refractivity contribution is 5.73. The van der Waals surface area contributed by atoms with E-state index in [9.17, 15) is 14.9 Å². The van der Waals surface area contributed by atoms with E-state index in [-0.39, 0.29) is 18.5 Å². The fourth-order valence-corrected chi connectivity index (χ4v) is 3.19. The van der Waals surface area contributed by atoms with Crippen LogP contribution in [0.1, 0.15) is 58.1 Å². The Morgan fingerprint density at radius 2 is 1.83 bits per heavy atom. The molecule has 0 aliphatic carbocycles. The van der Waals surface area contributed by atoms with Crippen LogP contribution in [-0.4, -0.2) is 42.8 Å². The molecule has 1 amide bonds. The van der Waals surface area contributed by atoms with Crippen LogP contribution in [0.2, 0.25) is 0 Å². The maximum Gasteiger partial charge on any atom is 0.410 e. The summed E-state index contributed by atoms with van der Waals surface area (Å²) in [5, 5.41) is 9.64. The molecule has 6 nitrogen and oxygen atoms in total. The number of esters is 1. The molecule has 2 rings (SSSR count). The number of hydrogen-bond acceptors (Lipinski definition) is 5. The number of ether oxygens (including phenoxy) is 2. The number of rotatable bonds is 5. The molecule has 0 bridgehead atoms. The second-order valence-corrected chi connectivity index (χ2v) is 8.50. The molecule has 1 aliphatic heterocycles. The first kappa shape index (κ1) is 22.5. The van der Waals surface area contributed by atoms with Crippen LogP contribution in [0.25, 0.3) is 5.57 Å². The third-order valence-corrected chi connectivity index (χ3v) is 5.06. The molecule has 0 aromatic heterocycles. The highest BCUT2D eigenvalue weighted by Crippen LogP contribution is 2.31. The van der Waals surface area contributed by atoms with Crippen molar-refractivity contribution in [3.05, 3.63) is 41.5 Å². The van der Waals surface area contributed by atoms with Crippen LogP contribution in [0.4, 0.5) is 4.79 Å². The van der Waals surface area contributed by atoms with Crippen LogP contribution in [-0.2, 0) is 19.7 Å². The lowest BCUT2D eigenvalue weighted by molar-refractivity contribution is -0.140. The Balaban J connectivity index is 2.06. The molecule has 1 aromatic rings. The van der Waals surface area contributed by atoms with E-state index >= 15 is 0 Å². The van der Waals surface area contributed by atoms with Gasteiger partial charge in [0, 0.05) is 19.5 Å². The number of methoxy groups -OCH3 is 1. The molecule has 0 saturated carbocycles. The Morgan fingerprint density at radius 1 is 1.17 bits per heavy atom. The fourth-order valence-electron chi connectivity index (χ4n) is 3.19. The summed E-state index contributed by atoms with van der Waals surface area (Å²) in [5.74, 6) is -0.315. The van der Waals surface area contributed by atoms with Gasteiger partial charge in [0.05, 0.1) is 18.6 Å². The van der Waals surface area contributed by atoms with Gasteiger partial charge in [-0.15, -0.1) is 0 Å². The van der Waals surface area contributed by atoms with Crippen LogP contribution >= 0.6 is 0 Å². The van der Waals surface area contributed by atoms with E-state index in [4.69, 9.17) is 4.74 Å². The number of carbonyl (C=O) groups excluding carboxylic acids is 2. The standard InChI is InChI=1S/C23H30N2O4/c1-22(2,3)29-21(27)25-14-11-18(12-15-25)17-6-8-19(9-7-17)23(4,16-24)13-10-20(26)28-5/h6-9,11H,10,12-15H2,1-5H3. The summed E-state index contributed by atoms with van der Waals surface area (Å²) in [5.41, 5.74) is 1.87. The Labute approximate surface area is 173 Å². The number of benzene rings is 1. The topological polar surface area (TPSA) is 79.6 Å². The molecule has 1 atom stereocenters. The van der Waals surface area contributed by atoms with Gasteiger partial charge in [0.1, 0.15) is 5.60 Å². The summed E-state index contributed by atoms with van der Waals surface area (Å²) in [6, 6.07) is 10.2. The Morgan fingerprint density at radius 3 is 2.31 bits per heavy atom. The van der Waals surface area contributed by atoms with Crippen LogP contribution in [0.3, 0.4) is 0 Å². The number of hydrogen-bond donors (Lipinski definition) is 0. The molecule has 0 N–H and O–H groups in total. The molecule has 29 heavy (non-hydrogen) atoms. The van der Waals surface area contributed by atoms with Crippen LogP contribution < -0.4 is 0 Å². The average Bonchev–Trinajstić information content (AvgIpc) is 2.70. The first-order chi connectivity index (χ1) is 13.6. The molecule has 0 radical (unpaired) electrons. The molecular formula is C23H30N2O4. The Kier molecular flexibility index (Phi) is 7.07. The normalized spacial score (nSPS) is 16.3. The molecule has 0 spiro atoms. The number of carbonyl (C=O) groups is 2. The minimum Gasteiger partial charge on any atom is -0.469 e. The van der Waals surface area contributed by atoms with Crippen LogP contribution in [0, 0.1) is 11.3 Å². The molecule has 1 unspecified atom stereocenters. The molecule has 0 saturated heterocycles. The molecule has 1 aliphatic rings. The van der Waals surface area contributed by atoms with Gasteiger partial charge in [-0.05, 0) is 57.2 Å². The quantitative estimate of drug-likeness (QED) is 0.685. The third kappa shape index (κ3) is 6.08. The predicted octanol–water partition coefficient (Wildman–Crippen LogP) is 4.45. The van der Waals surface area contributed by atoms with Gasteiger partial charge in [-0.2, -0.15) is 5.26 Å². The predicted molar refractivity (Wildman–Crippen MR) is 111 cm³/mol. The third-order valence-electron chi connectivity index (χ3n) is 5.06. The second-order valence-electron chi connectivity index (χ2n) is 8.50. The summed E-state index contributed by atoms with van der Waals surface area (Å²) in [7, 11) is 1.35. The smallest absolute Gasteiger partial charge is 0.410 e. The van der Waals surface area contributed by atoms with Gasteiger partial charge in [-0.3, -0.25) is 4.79 Å². The summed E-state index contributed by atoms with van der Waals surface area (Å²) >= 11 is 0. The highest BCUT2D eigenvalue weighted by atomic mass is 16.6. The zero-order valence-electron chi connectivity index (χ0n) is 17.9. The van der Waals surface area contributed by atoms with E-state index in [1.807, 2.05) is 58.0 Å². The highest BCUT2D eigenvalue weighted by Gasteiger charge is 2.28. The number of amides is 1. The van der Waals surface area contributed by atoms with Gasteiger partial charge < -0.3 is 14.4 Å². The van der Waals surface area contributed by atoms with E-state index in [2.05, 4.69) is 10.8 Å². The van der Waals surface area contributed by atoms with Gasteiger partial charge in [0.15, 0.2) is 0 Å². The largest absolute Gasteiger partial charge is 0.469 e. The lowest BCUT2D eigenvalue weighted by Crippen LogP contribution is -2.39. The van der Waals surface area contributed by atoms with E-state index < -0.39 is 11.0 Å². The molecule has 1 aromatic carbocycles. The van der Waals surface area contributed by atoms with Crippen molar-refractivity contribution in [3.8, 4) is 6.07 Å². The summed E-state index contributed by atoms with van der Waals surface area (Å²) in [6.07, 6.45) is 3.11. The van der Waals surface area contributed by atoms with Crippen molar-refractivity contribution >= 4 is 17.6 Å². The van der Waals surface area contributed by atoms with Crippen molar-refractivity contribution in [2.75, 3.05) is 20.2 Å². The Bertz CT molecular complexity index is 815. The van der Waals surface area contributed by atoms with Crippen molar-refractivity contribution in [1.82, 2.24) is 4.90 Å². The van der Waals surface area contributed by atoms with Gasteiger partial charge in [0.2, 0.25) is 0 Å². The lowest BCUT2D eigenvalue weighted by Gasteiger charge is -2.29. The SMILES string of the molecule is COC(=O)CCC(C)(C#N)c1ccc(C2=CCN(C(=O)OC(C)(C)C)CC2)cc1. The molecular weight excluding hydrogens is 368 g/mol. The van der Waals surface area contributed by atoms with Crippen LogP contribution in [0.5, 0.6) is 0 Å². The van der Waals surface area contributed by atoms with Crippen molar-refractivity contribution in [3.63, 3.8) is 0 Å². The van der Waals surface area contributed by atoms with E-state index in [1.54, 1.807) is 4.90 Å². The molecule has 0 fully saturated rings. The van der Waals surface area contributed by atoms with Crippen molar-refractivity contribution in [2.45, 2.75) is 58.0 Å². The number of nitriles is 1. The first-order valence-electron chi connectivity index (χ1n) is 9.84. The van der Waals surface area contributed by atoms with Crippen molar-refractivity contribution in [1.29, 1.82) is 5.26 Å². The van der Waals surface area contributed by atoms with E-state index in [0.29, 0.717) is 19.5 Å². The van der Waals surface area contributed by atoms with Crippen LogP contribution in [0.15, 0.2) is 30.3 Å². The average molecular weight is 399 g/mol. The van der Waals surface area contributed by atoms with Crippen molar-refractivity contribution < 1.29 is 19.1 Å². The molecule has 156 valence electrons.